The molecule has 2 aromatic carbocycles. The fourth-order valence-electron chi connectivity index (χ4n) is 2.16. The molecule has 0 aliphatic carbocycles. The molecule has 0 spiro atoms. The third kappa shape index (κ3) is 7.24. The zero-order chi connectivity index (χ0) is 18.4. The predicted molar refractivity (Wildman–Crippen MR) is 101 cm³/mol. The van der Waals surface area contributed by atoms with Crippen LogP contribution >= 0.6 is 0 Å². The van der Waals surface area contributed by atoms with Crippen molar-refractivity contribution >= 4 is 0 Å². The molecule has 2 nitrogen and oxygen atoms in total. The second kappa shape index (κ2) is 13.7. The minimum absolute atomic E-state index is 0.00378. The van der Waals surface area contributed by atoms with Crippen molar-refractivity contribution in [1.82, 2.24) is 0 Å². The lowest BCUT2D eigenvalue weighted by Crippen LogP contribution is -2.11. The average molecular weight is 334 g/mol. The molecule has 0 atom stereocenters. The molecule has 0 aliphatic rings. The number of rotatable bonds is 6. The van der Waals surface area contributed by atoms with E-state index in [1.54, 1.807) is 12.1 Å². The first-order chi connectivity index (χ1) is 11.7. The van der Waals surface area contributed by atoms with Gasteiger partial charge in [0.2, 0.25) is 0 Å². The summed E-state index contributed by atoms with van der Waals surface area (Å²) in [6, 6.07) is 14.5. The highest BCUT2D eigenvalue weighted by Gasteiger charge is 2.07. The highest BCUT2D eigenvalue weighted by molar-refractivity contribution is 5.64. The molecule has 3 heteroatoms. The molecule has 0 radical (unpaired) electrons. The molecule has 0 saturated carbocycles. The van der Waals surface area contributed by atoms with E-state index >= 15 is 0 Å². The van der Waals surface area contributed by atoms with E-state index < -0.39 is 0 Å². The highest BCUT2D eigenvalue weighted by atomic mass is 19.1. The molecule has 24 heavy (non-hydrogen) atoms. The van der Waals surface area contributed by atoms with Gasteiger partial charge in [0.05, 0.1) is 0 Å². The largest absolute Gasteiger partial charge is 0.396 e. The number of aryl methyl sites for hydroxylation is 1. The number of benzene rings is 2. The van der Waals surface area contributed by atoms with Crippen molar-refractivity contribution < 1.29 is 14.6 Å². The van der Waals surface area contributed by atoms with Crippen LogP contribution in [0.15, 0.2) is 48.5 Å². The maximum absolute atomic E-state index is 13.7. The standard InChI is InChI=1S/C17H19FO2.2C2H6/c18-17-4-2-1-3-16(17)15-9-7-13(8-10-15)5-6-14(11-19)12-20;2*1-2/h1-4,7-10,14,19-20H,5-6,11-12H2;2*1-2H3. The second-order valence-corrected chi connectivity index (χ2v) is 4.95. The van der Waals surface area contributed by atoms with Crippen molar-refractivity contribution in [2.45, 2.75) is 40.5 Å². The maximum atomic E-state index is 13.7. The van der Waals surface area contributed by atoms with Gasteiger partial charge in [-0.05, 0) is 30.0 Å². The molecular weight excluding hydrogens is 303 g/mol. The topological polar surface area (TPSA) is 40.5 Å². The van der Waals surface area contributed by atoms with Crippen molar-refractivity contribution in [2.24, 2.45) is 5.92 Å². The molecular formula is C21H31FO2. The second-order valence-electron chi connectivity index (χ2n) is 4.95. The maximum Gasteiger partial charge on any atom is 0.131 e. The quantitative estimate of drug-likeness (QED) is 0.773. The molecule has 0 aliphatic heterocycles. The zero-order valence-electron chi connectivity index (χ0n) is 15.3. The molecule has 0 amide bonds. The van der Waals surface area contributed by atoms with E-state index in [-0.39, 0.29) is 24.9 Å². The van der Waals surface area contributed by atoms with Crippen LogP contribution in [0.25, 0.3) is 11.1 Å². The summed E-state index contributed by atoms with van der Waals surface area (Å²) in [6.07, 6.45) is 1.54. The van der Waals surface area contributed by atoms with Crippen LogP contribution in [0.3, 0.4) is 0 Å². The molecule has 2 aromatic rings. The fraction of sp³-hybridized carbons (Fsp3) is 0.429. The number of aliphatic hydroxyl groups is 2. The summed E-state index contributed by atoms with van der Waals surface area (Å²) < 4.78 is 13.7. The van der Waals surface area contributed by atoms with E-state index in [9.17, 15) is 4.39 Å². The Hall–Kier alpha value is -1.71. The van der Waals surface area contributed by atoms with Crippen LogP contribution in [0.1, 0.15) is 39.7 Å². The van der Waals surface area contributed by atoms with Gasteiger partial charge in [-0.1, -0.05) is 70.2 Å². The summed E-state index contributed by atoms with van der Waals surface area (Å²) in [7, 11) is 0. The SMILES string of the molecule is CC.CC.OCC(CO)CCc1ccc(-c2ccccc2F)cc1. The van der Waals surface area contributed by atoms with Gasteiger partial charge in [-0.15, -0.1) is 0 Å². The van der Waals surface area contributed by atoms with Crippen LogP contribution in [-0.4, -0.2) is 23.4 Å². The van der Waals surface area contributed by atoms with Crippen molar-refractivity contribution in [2.75, 3.05) is 13.2 Å². The Labute approximate surface area is 146 Å². The number of aliphatic hydroxyl groups excluding tert-OH is 2. The molecule has 134 valence electrons. The normalized spacial score (nSPS) is 9.67. The van der Waals surface area contributed by atoms with Crippen LogP contribution in [0, 0.1) is 11.7 Å². The van der Waals surface area contributed by atoms with Gasteiger partial charge in [-0.25, -0.2) is 4.39 Å². The first kappa shape index (κ1) is 22.3. The Morgan fingerprint density at radius 3 is 1.88 bits per heavy atom. The molecule has 2 rings (SSSR count). The van der Waals surface area contributed by atoms with Crippen molar-refractivity contribution in [3.8, 4) is 11.1 Å². The molecule has 0 saturated heterocycles. The Morgan fingerprint density at radius 2 is 1.38 bits per heavy atom. The van der Waals surface area contributed by atoms with Crippen molar-refractivity contribution in [1.29, 1.82) is 0 Å². The van der Waals surface area contributed by atoms with E-state index in [1.807, 2.05) is 58.0 Å². The predicted octanol–water partition coefficient (Wildman–Crippen LogP) is 5.08. The lowest BCUT2D eigenvalue weighted by atomic mass is 9.98. The molecule has 0 heterocycles. The van der Waals surface area contributed by atoms with Crippen LogP contribution in [0.5, 0.6) is 0 Å². The summed E-state index contributed by atoms with van der Waals surface area (Å²) in [5.74, 6) is -0.290. The lowest BCUT2D eigenvalue weighted by Gasteiger charge is -2.10. The van der Waals surface area contributed by atoms with Crippen LogP contribution < -0.4 is 0 Å². The summed E-state index contributed by atoms with van der Waals surface area (Å²) in [4.78, 5) is 0. The van der Waals surface area contributed by atoms with Crippen LogP contribution in [-0.2, 0) is 6.42 Å². The van der Waals surface area contributed by atoms with E-state index in [0.29, 0.717) is 5.56 Å². The summed E-state index contributed by atoms with van der Waals surface area (Å²) in [5.41, 5.74) is 2.58. The van der Waals surface area contributed by atoms with Crippen molar-refractivity contribution in [3.05, 3.63) is 59.9 Å². The van der Waals surface area contributed by atoms with Gasteiger partial charge in [0.1, 0.15) is 5.82 Å². The Morgan fingerprint density at radius 1 is 0.833 bits per heavy atom. The smallest absolute Gasteiger partial charge is 0.131 e. The first-order valence-corrected chi connectivity index (χ1v) is 8.80. The minimum atomic E-state index is -0.221. The van der Waals surface area contributed by atoms with Gasteiger partial charge in [0.15, 0.2) is 0 Å². The molecule has 0 aromatic heterocycles. The van der Waals surface area contributed by atoms with E-state index in [1.165, 1.54) is 6.07 Å². The summed E-state index contributed by atoms with van der Waals surface area (Å²) >= 11 is 0. The third-order valence-corrected chi connectivity index (χ3v) is 3.50. The van der Waals surface area contributed by atoms with Gasteiger partial charge in [-0.2, -0.15) is 0 Å². The van der Waals surface area contributed by atoms with Gasteiger partial charge in [-0.3, -0.25) is 0 Å². The zero-order valence-corrected chi connectivity index (χ0v) is 15.3. The Kier molecular flexibility index (Phi) is 12.7. The lowest BCUT2D eigenvalue weighted by molar-refractivity contribution is 0.144. The monoisotopic (exact) mass is 334 g/mol. The number of hydrogen-bond acceptors (Lipinski definition) is 2. The van der Waals surface area contributed by atoms with E-state index in [2.05, 4.69) is 0 Å². The average Bonchev–Trinajstić information content (AvgIpc) is 2.67. The summed E-state index contributed by atoms with van der Waals surface area (Å²) in [5, 5.41) is 18.1. The summed E-state index contributed by atoms with van der Waals surface area (Å²) in [6.45, 7) is 8.01. The molecule has 0 unspecified atom stereocenters. The highest BCUT2D eigenvalue weighted by Crippen LogP contribution is 2.23. The number of halogens is 1. The van der Waals surface area contributed by atoms with Gasteiger partial charge < -0.3 is 10.2 Å². The minimum Gasteiger partial charge on any atom is -0.396 e. The van der Waals surface area contributed by atoms with Crippen LogP contribution in [0.2, 0.25) is 0 Å². The Bertz CT molecular complexity index is 534. The number of hydrogen-bond donors (Lipinski definition) is 2. The van der Waals surface area contributed by atoms with Crippen LogP contribution in [0.4, 0.5) is 4.39 Å². The third-order valence-electron chi connectivity index (χ3n) is 3.50. The molecule has 0 fully saturated rings. The van der Waals surface area contributed by atoms with Gasteiger partial charge in [0, 0.05) is 24.7 Å². The first-order valence-electron chi connectivity index (χ1n) is 8.80. The van der Waals surface area contributed by atoms with E-state index in [4.69, 9.17) is 10.2 Å². The van der Waals surface area contributed by atoms with Crippen molar-refractivity contribution in [3.63, 3.8) is 0 Å². The Balaban J connectivity index is 0.00000123. The van der Waals surface area contributed by atoms with Gasteiger partial charge >= 0.3 is 0 Å². The van der Waals surface area contributed by atoms with Gasteiger partial charge in [0.25, 0.3) is 0 Å². The molecule has 2 N–H and O–H groups in total. The van der Waals surface area contributed by atoms with E-state index in [0.717, 1.165) is 24.0 Å². The molecule has 0 bridgehead atoms. The fourth-order valence-corrected chi connectivity index (χ4v) is 2.16.